The molecule has 0 atom stereocenters. The summed E-state index contributed by atoms with van der Waals surface area (Å²) in [6.45, 7) is 0.789. The third kappa shape index (κ3) is 5.39. The van der Waals surface area contributed by atoms with Crippen LogP contribution >= 0.6 is 15.9 Å². The minimum absolute atomic E-state index is 0.0185. The van der Waals surface area contributed by atoms with Crippen molar-refractivity contribution in [3.8, 4) is 0 Å². The molecule has 0 radical (unpaired) electrons. The SMILES string of the molecule is COCCOCC(=O)Cc1cc(Br)ccc1F. The molecule has 1 aromatic carbocycles. The molecule has 5 heteroatoms. The van der Waals surface area contributed by atoms with Crippen molar-refractivity contribution in [2.24, 2.45) is 0 Å². The molecular formula is C12H14BrFO3. The Kier molecular flexibility index (Phi) is 6.32. The maximum Gasteiger partial charge on any atom is 0.162 e. The minimum atomic E-state index is -0.376. The monoisotopic (exact) mass is 304 g/mol. The van der Waals surface area contributed by atoms with Crippen LogP contribution in [0.4, 0.5) is 4.39 Å². The van der Waals surface area contributed by atoms with E-state index in [1.807, 2.05) is 0 Å². The summed E-state index contributed by atoms with van der Waals surface area (Å²) in [5, 5.41) is 0. The van der Waals surface area contributed by atoms with Crippen molar-refractivity contribution in [1.82, 2.24) is 0 Å². The highest BCUT2D eigenvalue weighted by molar-refractivity contribution is 9.10. The zero-order valence-corrected chi connectivity index (χ0v) is 11.1. The number of hydrogen-bond donors (Lipinski definition) is 0. The van der Waals surface area contributed by atoms with Gasteiger partial charge in [0.2, 0.25) is 0 Å². The smallest absolute Gasteiger partial charge is 0.162 e. The molecule has 1 aromatic rings. The summed E-state index contributed by atoms with van der Waals surface area (Å²) in [5.41, 5.74) is 0.375. The Balaban J connectivity index is 2.42. The standard InChI is InChI=1S/C12H14BrFO3/c1-16-4-5-17-8-11(15)7-9-6-10(13)2-3-12(9)14/h2-3,6H,4-5,7-8H2,1H3. The van der Waals surface area contributed by atoms with Gasteiger partial charge in [-0.05, 0) is 23.8 Å². The van der Waals surface area contributed by atoms with E-state index in [2.05, 4.69) is 15.9 Å². The van der Waals surface area contributed by atoms with Crippen LogP contribution in [-0.2, 0) is 20.7 Å². The number of carbonyl (C=O) groups is 1. The predicted octanol–water partition coefficient (Wildman–Crippen LogP) is 2.36. The molecule has 0 amide bonds. The van der Waals surface area contributed by atoms with Crippen LogP contribution in [0.5, 0.6) is 0 Å². The summed E-state index contributed by atoms with van der Waals surface area (Å²) in [6, 6.07) is 4.53. The Hall–Kier alpha value is -0.780. The van der Waals surface area contributed by atoms with Gasteiger partial charge in [0.05, 0.1) is 13.2 Å². The number of ketones is 1. The molecule has 0 aromatic heterocycles. The molecule has 0 heterocycles. The fourth-order valence-corrected chi connectivity index (χ4v) is 1.68. The van der Waals surface area contributed by atoms with Gasteiger partial charge in [0.15, 0.2) is 5.78 Å². The van der Waals surface area contributed by atoms with Crippen LogP contribution in [0.25, 0.3) is 0 Å². The normalized spacial score (nSPS) is 10.5. The van der Waals surface area contributed by atoms with E-state index in [4.69, 9.17) is 9.47 Å². The summed E-state index contributed by atoms with van der Waals surface area (Å²) in [6.07, 6.45) is 0.0399. The molecule has 17 heavy (non-hydrogen) atoms. The average Bonchev–Trinajstić information content (AvgIpc) is 2.29. The molecule has 0 saturated heterocycles. The first-order valence-corrected chi connectivity index (χ1v) is 5.95. The first-order valence-electron chi connectivity index (χ1n) is 5.16. The zero-order valence-electron chi connectivity index (χ0n) is 9.54. The van der Waals surface area contributed by atoms with Crippen LogP contribution in [-0.4, -0.2) is 32.7 Å². The fourth-order valence-electron chi connectivity index (χ4n) is 1.27. The largest absolute Gasteiger partial charge is 0.382 e. The molecule has 0 aliphatic carbocycles. The van der Waals surface area contributed by atoms with E-state index in [9.17, 15) is 9.18 Å². The number of carbonyl (C=O) groups excluding carboxylic acids is 1. The Morgan fingerprint density at radius 3 is 2.88 bits per heavy atom. The quantitative estimate of drug-likeness (QED) is 0.726. The van der Waals surface area contributed by atoms with Crippen molar-refractivity contribution in [3.63, 3.8) is 0 Å². The van der Waals surface area contributed by atoms with Gasteiger partial charge in [-0.15, -0.1) is 0 Å². The van der Waals surface area contributed by atoms with Crippen molar-refractivity contribution in [1.29, 1.82) is 0 Å². The van der Waals surface area contributed by atoms with Gasteiger partial charge in [0.25, 0.3) is 0 Å². The lowest BCUT2D eigenvalue weighted by Gasteiger charge is -2.05. The highest BCUT2D eigenvalue weighted by Crippen LogP contribution is 2.16. The number of rotatable bonds is 7. The highest BCUT2D eigenvalue weighted by Gasteiger charge is 2.09. The molecule has 0 aliphatic heterocycles. The maximum atomic E-state index is 13.3. The van der Waals surface area contributed by atoms with Crippen molar-refractivity contribution in [2.75, 3.05) is 26.9 Å². The van der Waals surface area contributed by atoms with Crippen LogP contribution in [0, 0.1) is 5.82 Å². The van der Waals surface area contributed by atoms with Gasteiger partial charge in [-0.1, -0.05) is 15.9 Å². The molecular weight excluding hydrogens is 291 g/mol. The zero-order chi connectivity index (χ0) is 12.7. The molecule has 0 aliphatic rings. The molecule has 3 nitrogen and oxygen atoms in total. The van der Waals surface area contributed by atoms with Gasteiger partial charge in [0.1, 0.15) is 12.4 Å². The fraction of sp³-hybridized carbons (Fsp3) is 0.417. The third-order valence-electron chi connectivity index (χ3n) is 2.09. The summed E-state index contributed by atoms with van der Waals surface area (Å²) in [5.74, 6) is -0.531. The third-order valence-corrected chi connectivity index (χ3v) is 2.58. The molecule has 0 N–H and O–H groups in total. The first kappa shape index (κ1) is 14.3. The molecule has 0 fully saturated rings. The molecule has 0 saturated carbocycles. The van der Waals surface area contributed by atoms with Crippen molar-refractivity contribution in [2.45, 2.75) is 6.42 Å². The van der Waals surface area contributed by atoms with E-state index in [1.54, 1.807) is 19.2 Å². The second-order valence-electron chi connectivity index (χ2n) is 3.50. The minimum Gasteiger partial charge on any atom is -0.382 e. The van der Waals surface area contributed by atoms with E-state index >= 15 is 0 Å². The Labute approximate surface area is 108 Å². The molecule has 94 valence electrons. The van der Waals surface area contributed by atoms with E-state index in [0.29, 0.717) is 18.8 Å². The number of Topliss-reactive ketones (excluding diaryl/α,β-unsaturated/α-hetero) is 1. The number of methoxy groups -OCH3 is 1. The molecule has 0 bridgehead atoms. The van der Waals surface area contributed by atoms with Gasteiger partial charge in [-0.3, -0.25) is 4.79 Å². The van der Waals surface area contributed by atoms with Gasteiger partial charge < -0.3 is 9.47 Å². The lowest BCUT2D eigenvalue weighted by molar-refractivity contribution is -0.123. The molecule has 1 rings (SSSR count). The van der Waals surface area contributed by atoms with Crippen LogP contribution in [0.2, 0.25) is 0 Å². The first-order chi connectivity index (χ1) is 8.13. The van der Waals surface area contributed by atoms with Gasteiger partial charge in [-0.2, -0.15) is 0 Å². The number of ether oxygens (including phenoxy) is 2. The average molecular weight is 305 g/mol. The van der Waals surface area contributed by atoms with Crippen LogP contribution in [0.15, 0.2) is 22.7 Å². The van der Waals surface area contributed by atoms with Gasteiger partial charge >= 0.3 is 0 Å². The van der Waals surface area contributed by atoms with Crippen molar-refractivity contribution >= 4 is 21.7 Å². The second-order valence-corrected chi connectivity index (χ2v) is 4.41. The second kappa shape index (κ2) is 7.53. The van der Waals surface area contributed by atoms with E-state index in [0.717, 1.165) is 4.47 Å². The lowest BCUT2D eigenvalue weighted by atomic mass is 10.1. The van der Waals surface area contributed by atoms with Gasteiger partial charge in [0, 0.05) is 18.0 Å². The predicted molar refractivity (Wildman–Crippen MR) is 65.5 cm³/mol. The lowest BCUT2D eigenvalue weighted by Crippen LogP contribution is -2.14. The van der Waals surface area contributed by atoms with Crippen molar-refractivity contribution < 1.29 is 18.7 Å². The Morgan fingerprint density at radius 1 is 1.41 bits per heavy atom. The topological polar surface area (TPSA) is 35.5 Å². The van der Waals surface area contributed by atoms with Crippen molar-refractivity contribution in [3.05, 3.63) is 34.1 Å². The van der Waals surface area contributed by atoms with E-state index in [-0.39, 0.29) is 24.6 Å². The van der Waals surface area contributed by atoms with Crippen LogP contribution in [0.1, 0.15) is 5.56 Å². The van der Waals surface area contributed by atoms with E-state index in [1.165, 1.54) is 6.07 Å². The summed E-state index contributed by atoms with van der Waals surface area (Å²) < 4.78 is 23.9. The van der Waals surface area contributed by atoms with Gasteiger partial charge in [-0.25, -0.2) is 4.39 Å². The number of halogens is 2. The Bertz CT molecular complexity index is 382. The van der Waals surface area contributed by atoms with Crippen LogP contribution < -0.4 is 0 Å². The summed E-state index contributed by atoms with van der Waals surface area (Å²) >= 11 is 3.23. The Morgan fingerprint density at radius 2 is 2.18 bits per heavy atom. The van der Waals surface area contributed by atoms with Crippen LogP contribution in [0.3, 0.4) is 0 Å². The maximum absolute atomic E-state index is 13.3. The molecule has 0 unspecified atom stereocenters. The highest BCUT2D eigenvalue weighted by atomic mass is 79.9. The number of benzene rings is 1. The summed E-state index contributed by atoms with van der Waals surface area (Å²) in [7, 11) is 1.56. The molecule has 0 spiro atoms. The van der Waals surface area contributed by atoms with E-state index < -0.39 is 0 Å². The number of hydrogen-bond acceptors (Lipinski definition) is 3. The summed E-state index contributed by atoms with van der Waals surface area (Å²) in [4.78, 5) is 11.5.